The van der Waals surface area contributed by atoms with E-state index in [1.165, 1.54) is 11.3 Å². The lowest BCUT2D eigenvalue weighted by Gasteiger charge is -2.37. The van der Waals surface area contributed by atoms with E-state index in [2.05, 4.69) is 11.8 Å². The number of hydrogen-bond donors (Lipinski definition) is 1. The molecule has 1 atom stereocenters. The van der Waals surface area contributed by atoms with E-state index >= 15 is 0 Å². The zero-order chi connectivity index (χ0) is 12.3. The second kappa shape index (κ2) is 5.62. The number of nitrogens with zero attached hydrogens (tertiary/aromatic N) is 2. The molecular formula is C12H19N3OS. The van der Waals surface area contributed by atoms with Gasteiger partial charge in [-0.25, -0.2) is 0 Å². The zero-order valence-corrected chi connectivity index (χ0v) is 10.9. The van der Waals surface area contributed by atoms with Gasteiger partial charge in [-0.3, -0.25) is 9.69 Å². The van der Waals surface area contributed by atoms with Crippen molar-refractivity contribution >= 4 is 17.2 Å². The van der Waals surface area contributed by atoms with Gasteiger partial charge in [0, 0.05) is 38.8 Å². The van der Waals surface area contributed by atoms with Crippen LogP contribution in [-0.4, -0.2) is 54.5 Å². The van der Waals surface area contributed by atoms with Crippen LogP contribution in [-0.2, 0) is 0 Å². The summed E-state index contributed by atoms with van der Waals surface area (Å²) in [6, 6.07) is 4.22. The van der Waals surface area contributed by atoms with Gasteiger partial charge < -0.3 is 10.6 Å². The van der Waals surface area contributed by atoms with Gasteiger partial charge >= 0.3 is 0 Å². The Hall–Kier alpha value is -0.910. The Labute approximate surface area is 106 Å². The van der Waals surface area contributed by atoms with Gasteiger partial charge in [0.15, 0.2) is 0 Å². The fourth-order valence-electron chi connectivity index (χ4n) is 2.07. The van der Waals surface area contributed by atoms with E-state index in [-0.39, 0.29) is 5.91 Å². The Balaban J connectivity index is 1.89. The average Bonchev–Trinajstić information content (AvgIpc) is 2.91. The Morgan fingerprint density at radius 2 is 2.18 bits per heavy atom. The molecule has 1 unspecified atom stereocenters. The lowest BCUT2D eigenvalue weighted by molar-refractivity contribution is 0.0593. The molecule has 5 heteroatoms. The minimum atomic E-state index is 0.167. The van der Waals surface area contributed by atoms with Crippen molar-refractivity contribution in [1.29, 1.82) is 0 Å². The number of hydrogen-bond acceptors (Lipinski definition) is 4. The first-order valence-corrected chi connectivity index (χ1v) is 6.87. The van der Waals surface area contributed by atoms with Gasteiger partial charge in [-0.1, -0.05) is 6.07 Å². The van der Waals surface area contributed by atoms with Crippen molar-refractivity contribution < 1.29 is 4.79 Å². The molecule has 0 radical (unpaired) electrons. The Kier molecular flexibility index (Phi) is 4.15. The minimum absolute atomic E-state index is 0.167. The molecule has 0 spiro atoms. The summed E-state index contributed by atoms with van der Waals surface area (Å²) in [5.41, 5.74) is 5.65. The van der Waals surface area contributed by atoms with Crippen LogP contribution in [0.4, 0.5) is 0 Å². The molecule has 1 amide bonds. The van der Waals surface area contributed by atoms with Crippen LogP contribution in [0.3, 0.4) is 0 Å². The second-order valence-electron chi connectivity index (χ2n) is 4.39. The van der Waals surface area contributed by atoms with Crippen LogP contribution in [0.15, 0.2) is 17.5 Å². The van der Waals surface area contributed by atoms with Gasteiger partial charge in [0.25, 0.3) is 5.91 Å². The molecule has 4 nitrogen and oxygen atoms in total. The fourth-order valence-corrected chi connectivity index (χ4v) is 2.76. The highest BCUT2D eigenvalue weighted by Gasteiger charge is 2.24. The van der Waals surface area contributed by atoms with Gasteiger partial charge in [0.2, 0.25) is 0 Å². The van der Waals surface area contributed by atoms with Gasteiger partial charge in [0.1, 0.15) is 0 Å². The highest BCUT2D eigenvalue weighted by Crippen LogP contribution is 2.14. The Bertz CT molecular complexity index is 358. The summed E-state index contributed by atoms with van der Waals surface area (Å²) in [6.07, 6.45) is 0. The summed E-state index contributed by atoms with van der Waals surface area (Å²) < 4.78 is 0. The highest BCUT2D eigenvalue weighted by molar-refractivity contribution is 7.12. The van der Waals surface area contributed by atoms with Crippen LogP contribution >= 0.6 is 11.3 Å². The predicted octanol–water partition coefficient (Wildman–Crippen LogP) is 0.853. The summed E-state index contributed by atoms with van der Waals surface area (Å²) in [6.45, 7) is 6.28. The monoisotopic (exact) mass is 253 g/mol. The average molecular weight is 253 g/mol. The molecule has 1 fully saturated rings. The van der Waals surface area contributed by atoms with Crippen LogP contribution in [0.25, 0.3) is 0 Å². The van der Waals surface area contributed by atoms with Crippen molar-refractivity contribution in [1.82, 2.24) is 9.80 Å². The maximum absolute atomic E-state index is 12.1. The van der Waals surface area contributed by atoms with Gasteiger partial charge in [0.05, 0.1) is 4.88 Å². The molecule has 94 valence electrons. The molecule has 0 saturated carbocycles. The second-order valence-corrected chi connectivity index (χ2v) is 5.34. The molecule has 2 N–H and O–H groups in total. The number of piperazine rings is 1. The molecule has 0 aromatic carbocycles. The summed E-state index contributed by atoms with van der Waals surface area (Å²) in [4.78, 5) is 17.2. The fraction of sp³-hybridized carbons (Fsp3) is 0.583. The largest absolute Gasteiger partial charge is 0.335 e. The summed E-state index contributed by atoms with van der Waals surface area (Å²) in [5, 5.41) is 1.94. The molecule has 0 aliphatic carbocycles. The van der Waals surface area contributed by atoms with Gasteiger partial charge in [-0.05, 0) is 18.4 Å². The summed E-state index contributed by atoms with van der Waals surface area (Å²) in [7, 11) is 0. The van der Waals surface area contributed by atoms with Crippen LogP contribution in [0, 0.1) is 0 Å². The quantitative estimate of drug-likeness (QED) is 0.869. The van der Waals surface area contributed by atoms with Crippen LogP contribution in [0.2, 0.25) is 0 Å². The van der Waals surface area contributed by atoms with Crippen LogP contribution in [0.1, 0.15) is 16.6 Å². The van der Waals surface area contributed by atoms with E-state index in [9.17, 15) is 4.79 Å². The van der Waals surface area contributed by atoms with E-state index in [1.54, 1.807) is 0 Å². The first-order valence-electron chi connectivity index (χ1n) is 5.99. The van der Waals surface area contributed by atoms with Gasteiger partial charge in [-0.2, -0.15) is 0 Å². The van der Waals surface area contributed by atoms with Crippen molar-refractivity contribution in [2.45, 2.75) is 13.0 Å². The number of amides is 1. The lowest BCUT2D eigenvalue weighted by atomic mass is 10.2. The molecule has 2 rings (SSSR count). The molecule has 1 aliphatic heterocycles. The van der Waals surface area contributed by atoms with Crippen molar-refractivity contribution in [2.75, 3.05) is 32.7 Å². The SMILES string of the molecule is CC(CN)N1CCN(C(=O)c2cccs2)CC1. The standard InChI is InChI=1S/C12H19N3OS/c1-10(9-13)14-4-6-15(7-5-14)12(16)11-3-2-8-17-11/h2-3,8,10H,4-7,9,13H2,1H3. The molecular weight excluding hydrogens is 234 g/mol. The van der Waals surface area contributed by atoms with Gasteiger partial charge in [-0.15, -0.1) is 11.3 Å². The third-order valence-electron chi connectivity index (χ3n) is 3.30. The maximum atomic E-state index is 12.1. The Morgan fingerprint density at radius 3 is 2.71 bits per heavy atom. The van der Waals surface area contributed by atoms with Crippen molar-refractivity contribution in [2.24, 2.45) is 5.73 Å². The minimum Gasteiger partial charge on any atom is -0.335 e. The van der Waals surface area contributed by atoms with E-state index < -0.39 is 0 Å². The predicted molar refractivity (Wildman–Crippen MR) is 70.3 cm³/mol. The molecule has 2 heterocycles. The van der Waals surface area contributed by atoms with E-state index in [4.69, 9.17) is 5.73 Å². The van der Waals surface area contributed by atoms with Crippen LogP contribution < -0.4 is 5.73 Å². The molecule has 1 saturated heterocycles. The number of rotatable bonds is 3. The van der Waals surface area contributed by atoms with Crippen LogP contribution in [0.5, 0.6) is 0 Å². The third-order valence-corrected chi connectivity index (χ3v) is 4.16. The number of carbonyl (C=O) groups is 1. The van der Waals surface area contributed by atoms with Crippen molar-refractivity contribution in [3.63, 3.8) is 0 Å². The number of thiophene rings is 1. The molecule has 1 aromatic rings. The summed E-state index contributed by atoms with van der Waals surface area (Å²) in [5.74, 6) is 0.167. The first-order chi connectivity index (χ1) is 8.22. The van der Waals surface area contributed by atoms with E-state index in [0.29, 0.717) is 12.6 Å². The Morgan fingerprint density at radius 1 is 1.47 bits per heavy atom. The maximum Gasteiger partial charge on any atom is 0.264 e. The lowest BCUT2D eigenvalue weighted by Crippen LogP contribution is -2.52. The van der Waals surface area contributed by atoms with E-state index in [0.717, 1.165) is 31.1 Å². The van der Waals surface area contributed by atoms with E-state index in [1.807, 2.05) is 22.4 Å². The first kappa shape index (κ1) is 12.5. The van der Waals surface area contributed by atoms with Crippen molar-refractivity contribution in [3.05, 3.63) is 22.4 Å². The zero-order valence-electron chi connectivity index (χ0n) is 10.1. The summed E-state index contributed by atoms with van der Waals surface area (Å²) >= 11 is 1.51. The van der Waals surface area contributed by atoms with Crippen molar-refractivity contribution in [3.8, 4) is 0 Å². The molecule has 1 aromatic heterocycles. The molecule has 1 aliphatic rings. The molecule has 0 bridgehead atoms. The smallest absolute Gasteiger partial charge is 0.264 e. The number of carbonyl (C=O) groups excluding carboxylic acids is 1. The normalized spacial score (nSPS) is 19.3. The topological polar surface area (TPSA) is 49.6 Å². The number of nitrogens with two attached hydrogens (primary N) is 1. The third kappa shape index (κ3) is 2.86. The molecule has 17 heavy (non-hydrogen) atoms. The highest BCUT2D eigenvalue weighted by atomic mass is 32.1.